The summed E-state index contributed by atoms with van der Waals surface area (Å²) in [7, 11) is 3.23. The first kappa shape index (κ1) is 13.7. The number of piperidine rings is 1. The number of aromatic nitrogens is 2. The Labute approximate surface area is 122 Å². The van der Waals surface area contributed by atoms with Crippen LogP contribution in [-0.2, 0) is 14.1 Å². The Morgan fingerprint density at radius 3 is 2.00 bits per heavy atom. The van der Waals surface area contributed by atoms with Crippen molar-refractivity contribution in [3.8, 4) is 0 Å². The van der Waals surface area contributed by atoms with E-state index in [1.165, 1.54) is 15.6 Å². The van der Waals surface area contributed by atoms with Gasteiger partial charge < -0.3 is 19.8 Å². The maximum Gasteiger partial charge on any atom is 0.316 e. The van der Waals surface area contributed by atoms with Gasteiger partial charge in [0, 0.05) is 27.2 Å². The predicted octanol–water partition coefficient (Wildman–Crippen LogP) is 0.810. The molecule has 2 aromatic rings. The fourth-order valence-corrected chi connectivity index (χ4v) is 3.03. The van der Waals surface area contributed by atoms with Gasteiger partial charge in [-0.25, -0.2) is 0 Å². The van der Waals surface area contributed by atoms with Gasteiger partial charge in [-0.1, -0.05) is 0 Å². The fourth-order valence-electron chi connectivity index (χ4n) is 3.03. The third-order valence-electron chi connectivity index (χ3n) is 4.34. The van der Waals surface area contributed by atoms with Gasteiger partial charge in [0.05, 0.1) is 22.4 Å². The Bertz CT molecular complexity index is 813. The van der Waals surface area contributed by atoms with E-state index in [2.05, 4.69) is 4.90 Å². The van der Waals surface area contributed by atoms with E-state index < -0.39 is 11.1 Å². The maximum atomic E-state index is 12.0. The van der Waals surface area contributed by atoms with Crippen LogP contribution in [0.1, 0.15) is 19.3 Å². The molecule has 0 atom stereocenters. The number of benzene rings is 1. The summed E-state index contributed by atoms with van der Waals surface area (Å²) >= 11 is 0. The summed E-state index contributed by atoms with van der Waals surface area (Å²) in [5.41, 5.74) is 8.15. The van der Waals surface area contributed by atoms with Crippen LogP contribution in [-0.4, -0.2) is 22.2 Å². The minimum absolute atomic E-state index is 0.514. The van der Waals surface area contributed by atoms with Crippen molar-refractivity contribution in [1.29, 1.82) is 0 Å². The molecule has 6 heteroatoms. The number of aryl methyl sites for hydroxylation is 2. The van der Waals surface area contributed by atoms with Crippen LogP contribution >= 0.6 is 0 Å². The lowest BCUT2D eigenvalue weighted by atomic mass is 10.1. The van der Waals surface area contributed by atoms with Gasteiger partial charge in [-0.3, -0.25) is 9.59 Å². The van der Waals surface area contributed by atoms with Gasteiger partial charge in [-0.2, -0.15) is 0 Å². The number of rotatable bonds is 1. The van der Waals surface area contributed by atoms with E-state index in [0.717, 1.165) is 37.1 Å². The molecule has 0 amide bonds. The van der Waals surface area contributed by atoms with E-state index in [9.17, 15) is 9.59 Å². The van der Waals surface area contributed by atoms with Crippen molar-refractivity contribution >= 4 is 22.4 Å². The molecular formula is C15H20N4O2. The molecule has 1 aliphatic heterocycles. The first-order valence-electron chi connectivity index (χ1n) is 7.25. The van der Waals surface area contributed by atoms with Crippen LogP contribution in [0.3, 0.4) is 0 Å². The lowest BCUT2D eigenvalue weighted by Crippen LogP contribution is -2.39. The third-order valence-corrected chi connectivity index (χ3v) is 4.34. The van der Waals surface area contributed by atoms with Crippen molar-refractivity contribution in [2.75, 3.05) is 23.7 Å². The highest BCUT2D eigenvalue weighted by molar-refractivity contribution is 5.87. The standard InChI is InChI=1S/C15H20N4O2/c1-17-12-8-10(16)11(19-6-4-3-5-7-19)9-13(12)18(2)15(21)14(17)20/h8-9H,3-7,16H2,1-2H3. The molecule has 2 heterocycles. The maximum absolute atomic E-state index is 12.0. The van der Waals surface area contributed by atoms with Crippen molar-refractivity contribution in [2.24, 2.45) is 14.1 Å². The summed E-state index contributed by atoms with van der Waals surface area (Å²) in [5, 5.41) is 0. The topological polar surface area (TPSA) is 73.3 Å². The average molecular weight is 288 g/mol. The van der Waals surface area contributed by atoms with Crippen molar-refractivity contribution in [1.82, 2.24) is 9.13 Å². The van der Waals surface area contributed by atoms with Crippen LogP contribution in [0.15, 0.2) is 21.7 Å². The Kier molecular flexibility index (Phi) is 3.23. The van der Waals surface area contributed by atoms with Crippen molar-refractivity contribution < 1.29 is 0 Å². The molecule has 0 unspecified atom stereocenters. The first-order chi connectivity index (χ1) is 10.0. The summed E-state index contributed by atoms with van der Waals surface area (Å²) in [4.78, 5) is 26.1. The van der Waals surface area contributed by atoms with Gasteiger partial charge in [0.1, 0.15) is 0 Å². The highest BCUT2D eigenvalue weighted by Crippen LogP contribution is 2.29. The zero-order chi connectivity index (χ0) is 15.1. The zero-order valence-corrected chi connectivity index (χ0v) is 12.4. The fraction of sp³-hybridized carbons (Fsp3) is 0.467. The number of nitrogens with two attached hydrogens (primary N) is 1. The zero-order valence-electron chi connectivity index (χ0n) is 12.4. The number of nitrogen functional groups attached to an aromatic ring is 1. The van der Waals surface area contributed by atoms with Crippen molar-refractivity contribution in [3.05, 3.63) is 32.8 Å². The lowest BCUT2D eigenvalue weighted by molar-refractivity contribution is 0.578. The molecule has 1 saturated heterocycles. The SMILES string of the molecule is Cn1c(=O)c(=O)n(C)c2cc(N3CCCCC3)c(N)cc21. The molecule has 0 saturated carbocycles. The van der Waals surface area contributed by atoms with Crippen LogP contribution in [0, 0.1) is 0 Å². The van der Waals surface area contributed by atoms with Gasteiger partial charge in [0.2, 0.25) is 0 Å². The van der Waals surface area contributed by atoms with Gasteiger partial charge in [-0.05, 0) is 31.4 Å². The summed E-state index contributed by atoms with van der Waals surface area (Å²) in [6.45, 7) is 1.96. The van der Waals surface area contributed by atoms with E-state index in [1.807, 2.05) is 6.07 Å². The minimum atomic E-state index is -0.532. The third kappa shape index (κ3) is 2.11. The van der Waals surface area contributed by atoms with Crippen LogP contribution in [0.5, 0.6) is 0 Å². The number of hydrogen-bond acceptors (Lipinski definition) is 4. The molecular weight excluding hydrogens is 268 g/mol. The van der Waals surface area contributed by atoms with Gasteiger partial charge in [0.15, 0.2) is 0 Å². The smallest absolute Gasteiger partial charge is 0.316 e. The quantitative estimate of drug-likeness (QED) is 0.622. The molecule has 21 heavy (non-hydrogen) atoms. The summed E-state index contributed by atoms with van der Waals surface area (Å²) < 4.78 is 2.78. The average Bonchev–Trinajstić information content (AvgIpc) is 2.51. The van der Waals surface area contributed by atoms with Crippen LogP contribution < -0.4 is 21.8 Å². The molecule has 0 radical (unpaired) electrons. The Balaban J connectivity index is 2.28. The normalized spacial score (nSPS) is 15.6. The van der Waals surface area contributed by atoms with Crippen LogP contribution in [0.2, 0.25) is 0 Å². The van der Waals surface area contributed by atoms with E-state index in [1.54, 1.807) is 20.2 Å². The molecule has 1 aromatic heterocycles. The lowest BCUT2D eigenvalue weighted by Gasteiger charge is -2.30. The van der Waals surface area contributed by atoms with E-state index in [-0.39, 0.29) is 0 Å². The van der Waals surface area contributed by atoms with Crippen LogP contribution in [0.25, 0.3) is 11.0 Å². The number of nitrogens with zero attached hydrogens (tertiary/aromatic N) is 3. The molecule has 1 fully saturated rings. The van der Waals surface area contributed by atoms with Gasteiger partial charge >= 0.3 is 11.1 Å². The first-order valence-corrected chi connectivity index (χ1v) is 7.25. The largest absolute Gasteiger partial charge is 0.397 e. The molecule has 0 spiro atoms. The number of anilines is 2. The Morgan fingerprint density at radius 2 is 1.43 bits per heavy atom. The monoisotopic (exact) mass is 288 g/mol. The molecule has 1 aliphatic rings. The minimum Gasteiger partial charge on any atom is -0.397 e. The molecule has 112 valence electrons. The highest BCUT2D eigenvalue weighted by atomic mass is 16.2. The van der Waals surface area contributed by atoms with Crippen molar-refractivity contribution in [3.63, 3.8) is 0 Å². The highest BCUT2D eigenvalue weighted by Gasteiger charge is 2.17. The molecule has 0 aliphatic carbocycles. The van der Waals surface area contributed by atoms with Gasteiger partial charge in [-0.15, -0.1) is 0 Å². The Hall–Kier alpha value is -2.24. The molecule has 2 N–H and O–H groups in total. The second-order valence-corrected chi connectivity index (χ2v) is 5.68. The van der Waals surface area contributed by atoms with E-state index in [4.69, 9.17) is 5.73 Å². The Morgan fingerprint density at radius 1 is 0.905 bits per heavy atom. The summed E-state index contributed by atoms with van der Waals surface area (Å²) in [5.74, 6) is 0. The van der Waals surface area contributed by atoms with E-state index >= 15 is 0 Å². The predicted molar refractivity (Wildman–Crippen MR) is 84.9 cm³/mol. The second-order valence-electron chi connectivity index (χ2n) is 5.68. The van der Waals surface area contributed by atoms with E-state index in [0.29, 0.717) is 11.2 Å². The van der Waals surface area contributed by atoms with Gasteiger partial charge in [0.25, 0.3) is 0 Å². The summed E-state index contributed by atoms with van der Waals surface area (Å²) in [6.07, 6.45) is 3.56. The van der Waals surface area contributed by atoms with Crippen molar-refractivity contribution in [2.45, 2.75) is 19.3 Å². The van der Waals surface area contributed by atoms with Crippen LogP contribution in [0.4, 0.5) is 11.4 Å². The number of hydrogen-bond donors (Lipinski definition) is 1. The molecule has 6 nitrogen and oxygen atoms in total. The summed E-state index contributed by atoms with van der Waals surface area (Å²) in [6, 6.07) is 3.72. The molecule has 3 rings (SSSR count). The molecule has 1 aromatic carbocycles. The molecule has 0 bridgehead atoms. The number of fused-ring (bicyclic) bond motifs is 1. The second kappa shape index (κ2) is 4.95.